The number of nitrogens with one attached hydrogen (secondary N) is 1. The van der Waals surface area contributed by atoms with Crippen molar-refractivity contribution in [3.05, 3.63) is 71.8 Å². The fourth-order valence-corrected chi connectivity index (χ4v) is 3.90. The van der Waals surface area contributed by atoms with E-state index in [1.54, 1.807) is 0 Å². The normalized spacial score (nSPS) is 11.6. The predicted molar refractivity (Wildman–Crippen MR) is 127 cm³/mol. The third kappa shape index (κ3) is 8.74. The highest BCUT2D eigenvalue weighted by Crippen LogP contribution is 2.33. The molecule has 0 aliphatic rings. The Morgan fingerprint density at radius 2 is 1.28 bits per heavy atom. The maximum absolute atomic E-state index is 13.0. The van der Waals surface area contributed by atoms with E-state index in [0.29, 0.717) is 12.8 Å². The summed E-state index contributed by atoms with van der Waals surface area (Å²) in [5.41, 5.74) is 1.07. The zero-order chi connectivity index (χ0) is 23.5. The number of methoxy groups -OCH3 is 1. The van der Waals surface area contributed by atoms with Crippen molar-refractivity contribution in [1.29, 1.82) is 0 Å². The molecule has 0 bridgehead atoms. The topological polar surface area (TPSA) is 64.6 Å². The zero-order valence-corrected chi connectivity index (χ0v) is 19.9. The number of rotatable bonds is 11. The molecule has 2 aromatic carbocycles. The first-order valence-electron chi connectivity index (χ1n) is 11.4. The fourth-order valence-electron chi connectivity index (χ4n) is 3.90. The second-order valence-electron chi connectivity index (χ2n) is 9.31. The van der Waals surface area contributed by atoms with Crippen LogP contribution in [-0.2, 0) is 27.1 Å². The molecule has 5 nitrogen and oxygen atoms in total. The van der Waals surface area contributed by atoms with Crippen LogP contribution in [0.25, 0.3) is 0 Å². The molecule has 0 heterocycles. The number of ether oxygens (including phenoxy) is 2. The molecule has 0 aliphatic heterocycles. The fraction of sp³-hybridized carbons (Fsp3) is 0.481. The van der Waals surface area contributed by atoms with E-state index >= 15 is 0 Å². The maximum atomic E-state index is 13.0. The average Bonchev–Trinajstić information content (AvgIpc) is 2.77. The Morgan fingerprint density at radius 3 is 1.69 bits per heavy atom. The summed E-state index contributed by atoms with van der Waals surface area (Å²) in [4.78, 5) is 25.3. The highest BCUT2D eigenvalue weighted by molar-refractivity contribution is 5.78. The summed E-state index contributed by atoms with van der Waals surface area (Å²) >= 11 is 0. The van der Waals surface area contributed by atoms with Crippen LogP contribution in [0.1, 0.15) is 57.6 Å². The van der Waals surface area contributed by atoms with E-state index in [4.69, 9.17) is 9.47 Å². The summed E-state index contributed by atoms with van der Waals surface area (Å²) in [6.45, 7) is 5.65. The minimum atomic E-state index is -0.796. The van der Waals surface area contributed by atoms with Crippen LogP contribution in [0.2, 0.25) is 0 Å². The lowest BCUT2D eigenvalue weighted by Gasteiger charge is -2.32. The molecule has 2 rings (SSSR count). The number of alkyl carbamates (subject to hydrolysis) is 1. The molecule has 174 valence electrons. The van der Waals surface area contributed by atoms with Crippen LogP contribution in [0.15, 0.2) is 60.7 Å². The van der Waals surface area contributed by atoms with Crippen molar-refractivity contribution in [3.8, 4) is 0 Å². The lowest BCUT2D eigenvalue weighted by Crippen LogP contribution is -2.45. The van der Waals surface area contributed by atoms with E-state index in [0.717, 1.165) is 25.7 Å². The van der Waals surface area contributed by atoms with Crippen LogP contribution in [0.5, 0.6) is 0 Å². The van der Waals surface area contributed by atoms with Gasteiger partial charge in [-0.1, -0.05) is 60.7 Å². The Bertz CT molecular complexity index is 782. The maximum Gasteiger partial charge on any atom is 0.407 e. The molecule has 2 aromatic rings. The summed E-state index contributed by atoms with van der Waals surface area (Å²) in [6.07, 6.45) is 4.10. The number of carbonyl (C=O) groups is 2. The molecule has 0 saturated carbocycles. The van der Waals surface area contributed by atoms with Gasteiger partial charge in [0.15, 0.2) is 0 Å². The van der Waals surface area contributed by atoms with Gasteiger partial charge in [-0.15, -0.1) is 0 Å². The number of benzene rings is 2. The lowest BCUT2D eigenvalue weighted by atomic mass is 9.77. The van der Waals surface area contributed by atoms with E-state index in [1.807, 2.05) is 57.2 Å². The van der Waals surface area contributed by atoms with Gasteiger partial charge in [-0.25, -0.2) is 4.79 Å². The van der Waals surface area contributed by atoms with Crippen LogP contribution in [0, 0.1) is 5.41 Å². The highest BCUT2D eigenvalue weighted by atomic mass is 16.6. The first-order valence-corrected chi connectivity index (χ1v) is 11.4. The van der Waals surface area contributed by atoms with Crippen molar-refractivity contribution in [2.45, 2.75) is 64.9 Å². The number of amides is 1. The molecule has 32 heavy (non-hydrogen) atoms. The van der Waals surface area contributed by atoms with E-state index in [2.05, 4.69) is 29.6 Å². The van der Waals surface area contributed by atoms with Crippen LogP contribution in [-0.4, -0.2) is 31.3 Å². The molecular weight excluding hydrogens is 402 g/mol. The molecule has 0 aliphatic carbocycles. The Balaban J connectivity index is 2.10. The first-order chi connectivity index (χ1) is 15.2. The Morgan fingerprint density at radius 1 is 0.812 bits per heavy atom. The Hall–Kier alpha value is -2.82. The Kier molecular flexibility index (Phi) is 9.76. The van der Waals surface area contributed by atoms with Crippen molar-refractivity contribution in [3.63, 3.8) is 0 Å². The van der Waals surface area contributed by atoms with Gasteiger partial charge in [-0.05, 0) is 70.4 Å². The predicted octanol–water partition coefficient (Wildman–Crippen LogP) is 5.72. The van der Waals surface area contributed by atoms with Gasteiger partial charge in [0.1, 0.15) is 5.60 Å². The number of carbonyl (C=O) groups excluding carboxylic acids is 2. The molecule has 0 saturated heterocycles. The Labute approximate surface area is 192 Å². The largest absolute Gasteiger partial charge is 0.469 e. The van der Waals surface area contributed by atoms with Crippen LogP contribution >= 0.6 is 0 Å². The van der Waals surface area contributed by atoms with Gasteiger partial charge in [0.05, 0.1) is 12.5 Å². The monoisotopic (exact) mass is 439 g/mol. The molecule has 0 radical (unpaired) electrons. The van der Waals surface area contributed by atoms with Crippen molar-refractivity contribution >= 4 is 12.1 Å². The molecular formula is C27H37NO4. The van der Waals surface area contributed by atoms with Gasteiger partial charge in [-0.2, -0.15) is 0 Å². The van der Waals surface area contributed by atoms with E-state index in [1.165, 1.54) is 18.2 Å². The highest BCUT2D eigenvalue weighted by Gasteiger charge is 2.39. The van der Waals surface area contributed by atoms with Gasteiger partial charge < -0.3 is 14.8 Å². The van der Waals surface area contributed by atoms with Crippen LogP contribution in [0.4, 0.5) is 4.79 Å². The number of hydrogen-bond acceptors (Lipinski definition) is 4. The molecule has 0 aromatic heterocycles. The summed E-state index contributed by atoms with van der Waals surface area (Å²) in [7, 11) is 1.42. The SMILES string of the molecule is COC(=O)C(CCCc1ccccc1)(CCCc1ccccc1)CNC(=O)OC(C)(C)C. The van der Waals surface area contributed by atoms with Gasteiger partial charge in [0, 0.05) is 6.54 Å². The molecule has 1 amide bonds. The number of hydrogen-bond donors (Lipinski definition) is 1. The molecule has 5 heteroatoms. The molecule has 1 N–H and O–H groups in total. The van der Waals surface area contributed by atoms with Gasteiger partial charge in [-0.3, -0.25) is 4.79 Å². The van der Waals surface area contributed by atoms with Crippen molar-refractivity contribution in [1.82, 2.24) is 5.32 Å². The van der Waals surface area contributed by atoms with E-state index in [-0.39, 0.29) is 12.5 Å². The molecule has 0 spiro atoms. The van der Waals surface area contributed by atoms with Crippen molar-refractivity contribution < 1.29 is 19.1 Å². The number of esters is 1. The molecule has 0 atom stereocenters. The van der Waals surface area contributed by atoms with E-state index in [9.17, 15) is 9.59 Å². The smallest absolute Gasteiger partial charge is 0.407 e. The number of aryl methyl sites for hydroxylation is 2. The van der Waals surface area contributed by atoms with Gasteiger partial charge in [0.25, 0.3) is 0 Å². The summed E-state index contributed by atoms with van der Waals surface area (Å²) in [6, 6.07) is 20.4. The van der Waals surface area contributed by atoms with Gasteiger partial charge >= 0.3 is 12.1 Å². The average molecular weight is 440 g/mol. The zero-order valence-electron chi connectivity index (χ0n) is 19.9. The van der Waals surface area contributed by atoms with Crippen LogP contribution in [0.3, 0.4) is 0 Å². The second kappa shape index (κ2) is 12.3. The molecule has 0 unspecified atom stereocenters. The first kappa shape index (κ1) is 25.4. The van der Waals surface area contributed by atoms with E-state index < -0.39 is 17.1 Å². The van der Waals surface area contributed by atoms with Crippen molar-refractivity contribution in [2.75, 3.05) is 13.7 Å². The third-order valence-electron chi connectivity index (χ3n) is 5.52. The molecule has 0 fully saturated rings. The quantitative estimate of drug-likeness (QED) is 0.455. The van der Waals surface area contributed by atoms with Crippen molar-refractivity contribution in [2.24, 2.45) is 5.41 Å². The van der Waals surface area contributed by atoms with Crippen LogP contribution < -0.4 is 5.32 Å². The summed E-state index contributed by atoms with van der Waals surface area (Å²) in [5.74, 6) is -0.283. The third-order valence-corrected chi connectivity index (χ3v) is 5.52. The minimum absolute atomic E-state index is 0.193. The lowest BCUT2D eigenvalue weighted by molar-refractivity contribution is -0.153. The standard InChI is InChI=1S/C27H37NO4/c1-26(2,3)32-25(30)28-21-27(24(29)31-4,19-11-17-22-13-7-5-8-14-22)20-12-18-23-15-9-6-10-16-23/h5-10,13-16H,11-12,17-21H2,1-4H3,(H,28,30). The minimum Gasteiger partial charge on any atom is -0.469 e. The second-order valence-corrected chi connectivity index (χ2v) is 9.31. The summed E-state index contributed by atoms with van der Waals surface area (Å²) in [5, 5.41) is 2.83. The summed E-state index contributed by atoms with van der Waals surface area (Å²) < 4.78 is 10.6. The van der Waals surface area contributed by atoms with Gasteiger partial charge in [0.2, 0.25) is 0 Å².